The molecule has 1 aliphatic rings. The van der Waals surface area contributed by atoms with Crippen molar-refractivity contribution in [2.75, 3.05) is 11.4 Å². The number of hydrogen-bond acceptors (Lipinski definition) is 2. The van der Waals surface area contributed by atoms with Gasteiger partial charge in [-0.05, 0) is 29.5 Å². The van der Waals surface area contributed by atoms with E-state index >= 15 is 0 Å². The van der Waals surface area contributed by atoms with Crippen molar-refractivity contribution in [3.63, 3.8) is 0 Å². The Morgan fingerprint density at radius 2 is 1.74 bits per heavy atom. The van der Waals surface area contributed by atoms with Crippen molar-refractivity contribution < 1.29 is 0 Å². The standard InChI is InChI=1S/C17H14N2/c1-3-7-15-13(5-1)9-11-18-17(15)19-12-10-14-6-2-4-8-16(14)19/h1-9,11H,10,12H2. The molecule has 2 heteroatoms. The highest BCUT2D eigenvalue weighted by atomic mass is 15.2. The van der Waals surface area contributed by atoms with E-state index in [9.17, 15) is 0 Å². The summed E-state index contributed by atoms with van der Waals surface area (Å²) in [6.07, 6.45) is 3.00. The van der Waals surface area contributed by atoms with E-state index in [-0.39, 0.29) is 0 Å². The lowest BCUT2D eigenvalue weighted by molar-refractivity contribution is 0.981. The number of hydrogen-bond donors (Lipinski definition) is 0. The van der Waals surface area contributed by atoms with Crippen LogP contribution in [0.4, 0.5) is 11.5 Å². The zero-order valence-corrected chi connectivity index (χ0v) is 10.6. The van der Waals surface area contributed by atoms with Gasteiger partial charge in [-0.25, -0.2) is 4.98 Å². The second-order valence-corrected chi connectivity index (χ2v) is 4.89. The van der Waals surface area contributed by atoms with Crippen molar-refractivity contribution >= 4 is 22.3 Å². The van der Waals surface area contributed by atoms with Crippen LogP contribution in [0.25, 0.3) is 10.8 Å². The van der Waals surface area contributed by atoms with Crippen LogP contribution in [0.2, 0.25) is 0 Å². The van der Waals surface area contributed by atoms with Gasteiger partial charge < -0.3 is 4.90 Å². The monoisotopic (exact) mass is 246 g/mol. The Bertz CT molecular complexity index is 744. The van der Waals surface area contributed by atoms with Crippen LogP contribution in [-0.2, 0) is 6.42 Å². The lowest BCUT2D eigenvalue weighted by Crippen LogP contribution is -2.15. The number of anilines is 2. The molecule has 4 rings (SSSR count). The second-order valence-electron chi connectivity index (χ2n) is 4.89. The zero-order valence-electron chi connectivity index (χ0n) is 10.6. The molecule has 0 radical (unpaired) electrons. The molecule has 0 saturated carbocycles. The number of nitrogens with zero attached hydrogens (tertiary/aromatic N) is 2. The summed E-state index contributed by atoms with van der Waals surface area (Å²) in [5, 5.41) is 2.47. The number of para-hydroxylation sites is 1. The SMILES string of the molecule is c1ccc2c(c1)CCN2c1nccc2ccccc12. The maximum atomic E-state index is 4.61. The Hall–Kier alpha value is -2.35. The summed E-state index contributed by atoms with van der Waals surface area (Å²) >= 11 is 0. The average Bonchev–Trinajstić information content (AvgIpc) is 2.90. The Labute approximate surface area is 112 Å². The predicted octanol–water partition coefficient (Wildman–Crippen LogP) is 3.93. The summed E-state index contributed by atoms with van der Waals surface area (Å²) in [6.45, 7) is 1.01. The van der Waals surface area contributed by atoms with Crippen LogP contribution in [0.15, 0.2) is 60.8 Å². The van der Waals surface area contributed by atoms with Gasteiger partial charge in [0.15, 0.2) is 0 Å². The molecule has 0 atom stereocenters. The summed E-state index contributed by atoms with van der Waals surface area (Å²) in [6, 6.07) is 19.1. The molecule has 92 valence electrons. The smallest absolute Gasteiger partial charge is 0.140 e. The first-order valence-electron chi connectivity index (χ1n) is 6.63. The van der Waals surface area contributed by atoms with Gasteiger partial charge in [-0.15, -0.1) is 0 Å². The highest BCUT2D eigenvalue weighted by molar-refractivity contribution is 5.94. The fourth-order valence-electron chi connectivity index (χ4n) is 2.88. The fourth-order valence-corrected chi connectivity index (χ4v) is 2.88. The first-order chi connectivity index (χ1) is 9.43. The Morgan fingerprint density at radius 3 is 2.74 bits per heavy atom. The molecular formula is C17H14N2. The molecule has 0 amide bonds. The van der Waals surface area contributed by atoms with E-state index in [0.717, 1.165) is 18.8 Å². The molecule has 3 aromatic rings. The largest absolute Gasteiger partial charge is 0.325 e. The van der Waals surface area contributed by atoms with Crippen molar-refractivity contribution in [1.82, 2.24) is 4.98 Å². The fraction of sp³-hybridized carbons (Fsp3) is 0.118. The maximum Gasteiger partial charge on any atom is 0.140 e. The van der Waals surface area contributed by atoms with Crippen LogP contribution in [0.3, 0.4) is 0 Å². The highest BCUT2D eigenvalue weighted by Crippen LogP contribution is 2.36. The summed E-state index contributed by atoms with van der Waals surface area (Å²) in [4.78, 5) is 6.94. The predicted molar refractivity (Wildman–Crippen MR) is 78.9 cm³/mol. The van der Waals surface area contributed by atoms with Crippen molar-refractivity contribution in [1.29, 1.82) is 0 Å². The number of benzene rings is 2. The van der Waals surface area contributed by atoms with Gasteiger partial charge in [0.2, 0.25) is 0 Å². The molecule has 0 N–H and O–H groups in total. The van der Waals surface area contributed by atoms with Gasteiger partial charge in [0.1, 0.15) is 5.82 Å². The van der Waals surface area contributed by atoms with E-state index in [4.69, 9.17) is 0 Å². The molecule has 0 aliphatic carbocycles. The molecule has 0 unspecified atom stereocenters. The lowest BCUT2D eigenvalue weighted by Gasteiger charge is -2.20. The van der Waals surface area contributed by atoms with Crippen molar-refractivity contribution in [3.05, 3.63) is 66.4 Å². The number of pyridine rings is 1. The van der Waals surface area contributed by atoms with Gasteiger partial charge >= 0.3 is 0 Å². The van der Waals surface area contributed by atoms with Crippen LogP contribution in [0, 0.1) is 0 Å². The minimum absolute atomic E-state index is 1.01. The first-order valence-corrected chi connectivity index (χ1v) is 6.63. The van der Waals surface area contributed by atoms with Crippen molar-refractivity contribution in [3.8, 4) is 0 Å². The van der Waals surface area contributed by atoms with Crippen LogP contribution >= 0.6 is 0 Å². The third kappa shape index (κ3) is 1.60. The quantitative estimate of drug-likeness (QED) is 0.646. The molecule has 19 heavy (non-hydrogen) atoms. The van der Waals surface area contributed by atoms with E-state index in [2.05, 4.69) is 64.5 Å². The molecule has 0 saturated heterocycles. The summed E-state index contributed by atoms with van der Waals surface area (Å²) in [5.41, 5.74) is 2.71. The minimum atomic E-state index is 1.01. The number of aromatic nitrogens is 1. The zero-order chi connectivity index (χ0) is 12.7. The minimum Gasteiger partial charge on any atom is -0.325 e. The summed E-state index contributed by atoms with van der Waals surface area (Å²) in [7, 11) is 0. The Balaban J connectivity index is 1.93. The van der Waals surface area contributed by atoms with Gasteiger partial charge in [0.25, 0.3) is 0 Å². The van der Waals surface area contributed by atoms with Crippen LogP contribution < -0.4 is 4.90 Å². The topological polar surface area (TPSA) is 16.1 Å². The van der Waals surface area contributed by atoms with Gasteiger partial charge in [0, 0.05) is 23.8 Å². The molecule has 2 aromatic carbocycles. The number of fused-ring (bicyclic) bond motifs is 2. The van der Waals surface area contributed by atoms with E-state index in [1.165, 1.54) is 22.0 Å². The van der Waals surface area contributed by atoms with Crippen LogP contribution in [0.5, 0.6) is 0 Å². The third-order valence-corrected chi connectivity index (χ3v) is 3.80. The number of rotatable bonds is 1. The molecule has 2 heterocycles. The van der Waals surface area contributed by atoms with Crippen LogP contribution in [0.1, 0.15) is 5.56 Å². The van der Waals surface area contributed by atoms with Crippen molar-refractivity contribution in [2.45, 2.75) is 6.42 Å². The Morgan fingerprint density at radius 1 is 0.895 bits per heavy atom. The highest BCUT2D eigenvalue weighted by Gasteiger charge is 2.21. The molecule has 1 aliphatic heterocycles. The molecule has 0 spiro atoms. The summed E-state index contributed by atoms with van der Waals surface area (Å²) in [5.74, 6) is 1.07. The first kappa shape index (κ1) is 10.6. The maximum absolute atomic E-state index is 4.61. The van der Waals surface area contributed by atoms with Gasteiger partial charge in [-0.1, -0.05) is 42.5 Å². The molecular weight excluding hydrogens is 232 g/mol. The van der Waals surface area contributed by atoms with Crippen molar-refractivity contribution in [2.24, 2.45) is 0 Å². The van der Waals surface area contributed by atoms with Gasteiger partial charge in [-0.3, -0.25) is 0 Å². The summed E-state index contributed by atoms with van der Waals surface area (Å²) < 4.78 is 0. The average molecular weight is 246 g/mol. The van der Waals surface area contributed by atoms with E-state index in [1.807, 2.05) is 6.20 Å². The Kier molecular flexibility index (Phi) is 2.27. The normalized spacial score (nSPS) is 13.8. The van der Waals surface area contributed by atoms with E-state index < -0.39 is 0 Å². The molecule has 0 bridgehead atoms. The second kappa shape index (κ2) is 4.09. The lowest BCUT2D eigenvalue weighted by atomic mass is 10.1. The molecule has 1 aromatic heterocycles. The third-order valence-electron chi connectivity index (χ3n) is 3.80. The molecule has 2 nitrogen and oxygen atoms in total. The van der Waals surface area contributed by atoms with Gasteiger partial charge in [0.05, 0.1) is 0 Å². The van der Waals surface area contributed by atoms with Gasteiger partial charge in [-0.2, -0.15) is 0 Å². The molecule has 0 fully saturated rings. The van der Waals surface area contributed by atoms with E-state index in [0.29, 0.717) is 0 Å². The van der Waals surface area contributed by atoms with E-state index in [1.54, 1.807) is 0 Å². The van der Waals surface area contributed by atoms with Crippen LogP contribution in [-0.4, -0.2) is 11.5 Å².